The molecule has 5 heteroatoms. The van der Waals surface area contributed by atoms with Gasteiger partial charge in [0.05, 0.1) is 18.4 Å². The van der Waals surface area contributed by atoms with Gasteiger partial charge in [0.25, 0.3) is 0 Å². The maximum atomic E-state index is 11.7. The molecule has 1 fully saturated rings. The summed E-state index contributed by atoms with van der Waals surface area (Å²) in [6, 6.07) is 0. The van der Waals surface area contributed by atoms with Crippen molar-refractivity contribution in [3.63, 3.8) is 0 Å². The molecule has 5 nitrogen and oxygen atoms in total. The van der Waals surface area contributed by atoms with E-state index in [1.54, 1.807) is 0 Å². The number of hydrogen-bond acceptors (Lipinski definition) is 3. The van der Waals surface area contributed by atoms with Gasteiger partial charge in [0.2, 0.25) is 5.91 Å². The first kappa shape index (κ1) is 13.0. The summed E-state index contributed by atoms with van der Waals surface area (Å²) in [7, 11) is 0. The largest absolute Gasteiger partial charge is 0.481 e. The van der Waals surface area contributed by atoms with Crippen molar-refractivity contribution in [2.24, 2.45) is 11.8 Å². The molecule has 2 N–H and O–H groups in total. The summed E-state index contributed by atoms with van der Waals surface area (Å²) in [6.07, 6.45) is 2.11. The molecule has 2 atom stereocenters. The van der Waals surface area contributed by atoms with Crippen LogP contribution in [0.2, 0.25) is 0 Å². The Hall–Kier alpha value is -1.10. The lowest BCUT2D eigenvalue weighted by Gasteiger charge is -2.15. The van der Waals surface area contributed by atoms with E-state index in [4.69, 9.17) is 9.84 Å². The highest BCUT2D eigenvalue weighted by molar-refractivity contribution is 5.85. The number of rotatable bonds is 6. The number of hydrogen-bond donors (Lipinski definition) is 2. The summed E-state index contributed by atoms with van der Waals surface area (Å²) in [5.74, 6) is -1.88. The van der Waals surface area contributed by atoms with Gasteiger partial charge in [0.1, 0.15) is 0 Å². The third-order valence-electron chi connectivity index (χ3n) is 2.92. The van der Waals surface area contributed by atoms with Crippen LogP contribution in [0.3, 0.4) is 0 Å². The molecular formula is C11H19NO4. The van der Waals surface area contributed by atoms with E-state index in [0.717, 1.165) is 6.42 Å². The van der Waals surface area contributed by atoms with Crippen LogP contribution in [0.1, 0.15) is 26.2 Å². The van der Waals surface area contributed by atoms with E-state index in [1.165, 1.54) is 0 Å². The molecule has 0 saturated heterocycles. The molecule has 16 heavy (non-hydrogen) atoms. The third kappa shape index (κ3) is 3.48. The number of nitrogens with one attached hydrogen (secondary N) is 1. The van der Waals surface area contributed by atoms with Gasteiger partial charge in [0, 0.05) is 13.2 Å². The molecule has 0 radical (unpaired) electrons. The van der Waals surface area contributed by atoms with Gasteiger partial charge in [-0.05, 0) is 19.8 Å². The molecule has 0 aromatic carbocycles. The topological polar surface area (TPSA) is 75.6 Å². The normalized spacial score (nSPS) is 24.3. The zero-order chi connectivity index (χ0) is 12.0. The maximum absolute atomic E-state index is 11.7. The second-order valence-corrected chi connectivity index (χ2v) is 3.97. The van der Waals surface area contributed by atoms with Crippen LogP contribution in [-0.4, -0.2) is 36.7 Å². The standard InChI is InChI=1S/C11H19NO4/c1-2-16-7-6-12-10(13)8-4-3-5-9(8)11(14)15/h8-9H,2-7H2,1H3,(H,12,13)(H,14,15)/t8-,9+/m1/s1. The molecule has 0 bridgehead atoms. The summed E-state index contributed by atoms with van der Waals surface area (Å²) >= 11 is 0. The summed E-state index contributed by atoms with van der Waals surface area (Å²) < 4.78 is 5.09. The van der Waals surface area contributed by atoms with Gasteiger partial charge in [-0.1, -0.05) is 6.42 Å². The second kappa shape index (κ2) is 6.48. The summed E-state index contributed by atoms with van der Waals surface area (Å²) in [6.45, 7) is 3.44. The predicted molar refractivity (Wildman–Crippen MR) is 58.0 cm³/mol. The van der Waals surface area contributed by atoms with Crippen molar-refractivity contribution >= 4 is 11.9 Å². The molecule has 1 aliphatic rings. The number of carbonyl (C=O) groups is 2. The Labute approximate surface area is 95.2 Å². The monoisotopic (exact) mass is 229 g/mol. The maximum Gasteiger partial charge on any atom is 0.307 e. The molecule has 0 spiro atoms. The van der Waals surface area contributed by atoms with Crippen LogP contribution in [0.4, 0.5) is 0 Å². The van der Waals surface area contributed by atoms with Crippen molar-refractivity contribution < 1.29 is 19.4 Å². The SMILES string of the molecule is CCOCCNC(=O)[C@@H]1CCC[C@@H]1C(=O)O. The minimum absolute atomic E-state index is 0.149. The highest BCUT2D eigenvalue weighted by Gasteiger charge is 2.37. The average molecular weight is 229 g/mol. The van der Waals surface area contributed by atoms with Crippen LogP contribution in [0.15, 0.2) is 0 Å². The van der Waals surface area contributed by atoms with E-state index in [1.807, 2.05) is 6.92 Å². The van der Waals surface area contributed by atoms with Crippen molar-refractivity contribution in [2.45, 2.75) is 26.2 Å². The molecular weight excluding hydrogens is 210 g/mol. The van der Waals surface area contributed by atoms with Crippen LogP contribution < -0.4 is 5.32 Å². The molecule has 0 aliphatic heterocycles. The van der Waals surface area contributed by atoms with E-state index in [0.29, 0.717) is 32.6 Å². The lowest BCUT2D eigenvalue weighted by atomic mass is 9.95. The van der Waals surface area contributed by atoms with Crippen molar-refractivity contribution in [1.29, 1.82) is 0 Å². The van der Waals surface area contributed by atoms with Crippen LogP contribution in [0.5, 0.6) is 0 Å². The highest BCUT2D eigenvalue weighted by atomic mass is 16.5. The number of ether oxygens (including phenoxy) is 1. The van der Waals surface area contributed by atoms with Crippen molar-refractivity contribution in [1.82, 2.24) is 5.32 Å². The minimum atomic E-state index is -0.859. The lowest BCUT2D eigenvalue weighted by molar-refractivity contribution is -0.146. The molecule has 0 aromatic heterocycles. The molecule has 0 heterocycles. The van der Waals surface area contributed by atoms with Gasteiger partial charge in [0.15, 0.2) is 0 Å². The first-order valence-electron chi connectivity index (χ1n) is 5.75. The molecule has 0 aromatic rings. The Morgan fingerprint density at radius 1 is 1.38 bits per heavy atom. The summed E-state index contributed by atoms with van der Waals surface area (Å²) in [5, 5.41) is 11.7. The third-order valence-corrected chi connectivity index (χ3v) is 2.92. The predicted octanol–water partition coefficient (Wildman–Crippen LogP) is 0.640. The van der Waals surface area contributed by atoms with Crippen LogP contribution in [-0.2, 0) is 14.3 Å². The molecule has 92 valence electrons. The van der Waals surface area contributed by atoms with Gasteiger partial charge < -0.3 is 15.2 Å². The molecule has 1 aliphatic carbocycles. The Morgan fingerprint density at radius 3 is 2.69 bits per heavy atom. The van der Waals surface area contributed by atoms with Crippen LogP contribution in [0.25, 0.3) is 0 Å². The van der Waals surface area contributed by atoms with E-state index >= 15 is 0 Å². The molecule has 1 amide bonds. The Morgan fingerprint density at radius 2 is 2.06 bits per heavy atom. The van der Waals surface area contributed by atoms with Gasteiger partial charge >= 0.3 is 5.97 Å². The zero-order valence-corrected chi connectivity index (χ0v) is 9.57. The average Bonchev–Trinajstić information content (AvgIpc) is 2.73. The fourth-order valence-electron chi connectivity index (χ4n) is 2.09. The number of carboxylic acid groups (broad SMARTS) is 1. The Kier molecular flexibility index (Phi) is 5.25. The molecule has 1 saturated carbocycles. The quantitative estimate of drug-likeness (QED) is 0.655. The first-order chi connectivity index (χ1) is 7.66. The summed E-state index contributed by atoms with van der Waals surface area (Å²) in [4.78, 5) is 22.6. The van der Waals surface area contributed by atoms with Gasteiger partial charge in [-0.15, -0.1) is 0 Å². The fraction of sp³-hybridized carbons (Fsp3) is 0.818. The number of carbonyl (C=O) groups excluding carboxylic acids is 1. The lowest BCUT2D eigenvalue weighted by Crippen LogP contribution is -2.36. The first-order valence-corrected chi connectivity index (χ1v) is 5.75. The van der Waals surface area contributed by atoms with Gasteiger partial charge in [-0.25, -0.2) is 0 Å². The fourth-order valence-corrected chi connectivity index (χ4v) is 2.09. The summed E-state index contributed by atoms with van der Waals surface area (Å²) in [5.41, 5.74) is 0. The number of aliphatic carboxylic acids is 1. The van der Waals surface area contributed by atoms with E-state index in [-0.39, 0.29) is 11.8 Å². The zero-order valence-electron chi connectivity index (χ0n) is 9.57. The molecule has 0 unspecified atom stereocenters. The van der Waals surface area contributed by atoms with Crippen molar-refractivity contribution in [3.8, 4) is 0 Å². The number of carboxylic acids is 1. The van der Waals surface area contributed by atoms with Crippen LogP contribution in [0, 0.1) is 11.8 Å². The van der Waals surface area contributed by atoms with E-state index in [2.05, 4.69) is 5.32 Å². The van der Waals surface area contributed by atoms with Gasteiger partial charge in [-0.3, -0.25) is 9.59 Å². The molecule has 1 rings (SSSR count). The van der Waals surface area contributed by atoms with Crippen LogP contribution >= 0.6 is 0 Å². The second-order valence-electron chi connectivity index (χ2n) is 3.97. The van der Waals surface area contributed by atoms with Crippen molar-refractivity contribution in [3.05, 3.63) is 0 Å². The minimum Gasteiger partial charge on any atom is -0.481 e. The Bertz CT molecular complexity index is 254. The van der Waals surface area contributed by atoms with Crippen molar-refractivity contribution in [2.75, 3.05) is 19.8 Å². The smallest absolute Gasteiger partial charge is 0.307 e. The Balaban J connectivity index is 2.32. The van der Waals surface area contributed by atoms with Gasteiger partial charge in [-0.2, -0.15) is 0 Å². The van der Waals surface area contributed by atoms with E-state index < -0.39 is 11.9 Å². The highest BCUT2D eigenvalue weighted by Crippen LogP contribution is 2.31. The van der Waals surface area contributed by atoms with E-state index in [9.17, 15) is 9.59 Å². The number of amides is 1.